The van der Waals surface area contributed by atoms with Gasteiger partial charge in [-0.3, -0.25) is 0 Å². The fraction of sp³-hybridized carbons (Fsp3) is 0. The van der Waals surface area contributed by atoms with Gasteiger partial charge >= 0.3 is 0 Å². The molecule has 0 unspecified atom stereocenters. The van der Waals surface area contributed by atoms with Gasteiger partial charge in [0, 0.05) is 42.7 Å². The third-order valence-corrected chi connectivity index (χ3v) is 11.0. The summed E-state index contributed by atoms with van der Waals surface area (Å²) in [7, 11) is 0. The number of thiophene rings is 1. The third kappa shape index (κ3) is 3.58. The van der Waals surface area contributed by atoms with Gasteiger partial charge in [0.1, 0.15) is 10.3 Å². The van der Waals surface area contributed by atoms with Gasteiger partial charge in [-0.25, -0.2) is 9.97 Å². The van der Waals surface area contributed by atoms with Crippen molar-refractivity contribution in [2.75, 3.05) is 0 Å². The lowest BCUT2D eigenvalue weighted by Crippen LogP contribution is -1.95. The van der Waals surface area contributed by atoms with E-state index in [0.29, 0.717) is 0 Å². The van der Waals surface area contributed by atoms with Crippen LogP contribution in [0.3, 0.4) is 0 Å². The second-order valence-electron chi connectivity index (χ2n) is 12.6. The minimum absolute atomic E-state index is 0.961. The molecular formula is C44H25N3S. The third-order valence-electron chi connectivity index (χ3n) is 9.96. The van der Waals surface area contributed by atoms with Crippen molar-refractivity contribution in [3.8, 4) is 16.8 Å². The van der Waals surface area contributed by atoms with Crippen molar-refractivity contribution in [3.63, 3.8) is 0 Å². The number of rotatable bonds is 2. The Bertz CT molecular complexity index is 3130. The maximum absolute atomic E-state index is 5.38. The molecule has 0 saturated carbocycles. The summed E-state index contributed by atoms with van der Waals surface area (Å²) >= 11 is 1.72. The van der Waals surface area contributed by atoms with Gasteiger partial charge in [-0.15, -0.1) is 11.3 Å². The molecular weight excluding hydrogens is 603 g/mol. The van der Waals surface area contributed by atoms with Crippen LogP contribution in [-0.2, 0) is 0 Å². The highest BCUT2D eigenvalue weighted by Gasteiger charge is 2.17. The molecule has 0 aliphatic heterocycles. The number of hydrogen-bond acceptors (Lipinski definition) is 3. The molecule has 0 saturated heterocycles. The highest BCUT2D eigenvalue weighted by atomic mass is 32.1. The van der Waals surface area contributed by atoms with Crippen molar-refractivity contribution in [1.29, 1.82) is 0 Å². The molecule has 11 aromatic rings. The summed E-state index contributed by atoms with van der Waals surface area (Å²) in [6.07, 6.45) is 0. The zero-order chi connectivity index (χ0) is 31.3. The fourth-order valence-electron chi connectivity index (χ4n) is 7.80. The molecule has 222 valence electrons. The summed E-state index contributed by atoms with van der Waals surface area (Å²) in [5.41, 5.74) is 8.83. The molecule has 0 fully saturated rings. The monoisotopic (exact) mass is 627 g/mol. The van der Waals surface area contributed by atoms with Crippen LogP contribution in [0.1, 0.15) is 0 Å². The highest BCUT2D eigenvalue weighted by Crippen LogP contribution is 2.41. The Hall–Kier alpha value is -6.10. The van der Waals surface area contributed by atoms with E-state index in [4.69, 9.17) is 9.97 Å². The number of fused-ring (bicyclic) bond motifs is 14. The van der Waals surface area contributed by atoms with E-state index in [9.17, 15) is 0 Å². The molecule has 4 heteroatoms. The maximum Gasteiger partial charge on any atom is 0.143 e. The summed E-state index contributed by atoms with van der Waals surface area (Å²) in [5, 5.41) is 10.9. The van der Waals surface area contributed by atoms with E-state index in [1.807, 2.05) is 0 Å². The molecule has 0 bridgehead atoms. The Balaban J connectivity index is 1.14. The summed E-state index contributed by atoms with van der Waals surface area (Å²) in [4.78, 5) is 11.6. The smallest absolute Gasteiger partial charge is 0.143 e. The lowest BCUT2D eigenvalue weighted by molar-refractivity contribution is 1.19. The molecule has 0 spiro atoms. The van der Waals surface area contributed by atoms with E-state index in [2.05, 4.69) is 156 Å². The minimum Gasteiger partial charge on any atom is -0.309 e. The Morgan fingerprint density at radius 2 is 1.08 bits per heavy atom. The first-order chi connectivity index (χ1) is 23.8. The van der Waals surface area contributed by atoms with Gasteiger partial charge < -0.3 is 4.57 Å². The molecule has 48 heavy (non-hydrogen) atoms. The van der Waals surface area contributed by atoms with E-state index in [0.717, 1.165) is 43.2 Å². The Morgan fingerprint density at radius 3 is 1.90 bits per heavy atom. The van der Waals surface area contributed by atoms with Crippen LogP contribution < -0.4 is 0 Å². The average Bonchev–Trinajstić information content (AvgIpc) is 3.69. The molecule has 0 N–H and O–H groups in total. The van der Waals surface area contributed by atoms with Gasteiger partial charge in [-0.1, -0.05) is 121 Å². The van der Waals surface area contributed by atoms with E-state index >= 15 is 0 Å². The van der Waals surface area contributed by atoms with Crippen molar-refractivity contribution < 1.29 is 0 Å². The number of hydrogen-bond donors (Lipinski definition) is 0. The molecule has 3 aromatic heterocycles. The maximum atomic E-state index is 5.38. The van der Waals surface area contributed by atoms with Gasteiger partial charge in [0.05, 0.1) is 22.1 Å². The first kappa shape index (κ1) is 26.0. The second-order valence-corrected chi connectivity index (χ2v) is 13.6. The van der Waals surface area contributed by atoms with Crippen LogP contribution in [-0.4, -0.2) is 14.5 Å². The van der Waals surface area contributed by atoms with Crippen molar-refractivity contribution in [1.82, 2.24) is 14.5 Å². The number of aromatic nitrogens is 3. The van der Waals surface area contributed by atoms with Gasteiger partial charge in [0.25, 0.3) is 0 Å². The van der Waals surface area contributed by atoms with Gasteiger partial charge in [-0.2, -0.15) is 0 Å². The van der Waals surface area contributed by atoms with Crippen LogP contribution in [0.4, 0.5) is 0 Å². The molecule has 0 atom stereocenters. The molecule has 3 heterocycles. The van der Waals surface area contributed by atoms with Crippen LogP contribution in [0.5, 0.6) is 0 Å². The van der Waals surface area contributed by atoms with Crippen molar-refractivity contribution in [3.05, 3.63) is 152 Å². The molecule has 11 rings (SSSR count). The predicted octanol–water partition coefficient (Wildman–Crippen LogP) is 12.2. The highest BCUT2D eigenvalue weighted by molar-refractivity contribution is 7.25. The predicted molar refractivity (Wildman–Crippen MR) is 205 cm³/mol. The number of para-hydroxylation sites is 1. The molecule has 0 radical (unpaired) electrons. The zero-order valence-corrected chi connectivity index (χ0v) is 26.5. The average molecular weight is 628 g/mol. The molecule has 0 aliphatic rings. The van der Waals surface area contributed by atoms with Crippen LogP contribution in [0.25, 0.3) is 102 Å². The Labute approximate surface area is 278 Å². The van der Waals surface area contributed by atoms with E-state index < -0.39 is 0 Å². The van der Waals surface area contributed by atoms with Crippen LogP contribution in [0.2, 0.25) is 0 Å². The lowest BCUT2D eigenvalue weighted by atomic mass is 9.99. The molecule has 0 aliphatic carbocycles. The second kappa shape index (κ2) is 9.71. The topological polar surface area (TPSA) is 30.7 Å². The number of nitrogens with zero attached hydrogens (tertiary/aromatic N) is 3. The lowest BCUT2D eigenvalue weighted by Gasteiger charge is -2.12. The first-order valence-electron chi connectivity index (χ1n) is 16.3. The standard InChI is InChI=1S/C44H25N3S/c1-2-13-30-26(10-1)20-22-36-33-16-7-8-19-38(33)47(43(30)36)29-12-9-11-27(24-29)28-21-23-39-37(25-28)42-44(48-39)46-41-35-18-6-4-15-32(35)31-14-3-5-17-34(31)40(41)45-42/h1-25H. The normalized spacial score (nSPS) is 12.2. The molecule has 3 nitrogen and oxygen atoms in total. The van der Waals surface area contributed by atoms with Crippen LogP contribution in [0, 0.1) is 0 Å². The van der Waals surface area contributed by atoms with Crippen molar-refractivity contribution in [2.24, 2.45) is 0 Å². The summed E-state index contributed by atoms with van der Waals surface area (Å²) in [6, 6.07) is 54.8. The zero-order valence-electron chi connectivity index (χ0n) is 25.7. The van der Waals surface area contributed by atoms with E-state index in [-0.39, 0.29) is 0 Å². The Morgan fingerprint density at radius 1 is 0.417 bits per heavy atom. The quantitative estimate of drug-likeness (QED) is 0.179. The van der Waals surface area contributed by atoms with Crippen molar-refractivity contribution >= 4 is 96.9 Å². The van der Waals surface area contributed by atoms with Crippen molar-refractivity contribution in [2.45, 2.75) is 0 Å². The SMILES string of the molecule is c1cc(-c2ccc3sc4nc5c6ccccc6c6ccccc6c5nc4c3c2)cc(-n2c3ccccc3c3ccc4ccccc4c32)c1. The van der Waals surface area contributed by atoms with Gasteiger partial charge in [0.2, 0.25) is 0 Å². The van der Waals surface area contributed by atoms with E-state index in [1.165, 1.54) is 59.2 Å². The fourth-order valence-corrected chi connectivity index (χ4v) is 8.80. The van der Waals surface area contributed by atoms with Crippen LogP contribution >= 0.6 is 11.3 Å². The summed E-state index contributed by atoms with van der Waals surface area (Å²) in [5.74, 6) is 0. The van der Waals surface area contributed by atoms with Gasteiger partial charge in [0.15, 0.2) is 0 Å². The summed E-state index contributed by atoms with van der Waals surface area (Å²) in [6.45, 7) is 0. The van der Waals surface area contributed by atoms with Crippen LogP contribution in [0.15, 0.2) is 152 Å². The first-order valence-corrected chi connectivity index (χ1v) is 17.1. The van der Waals surface area contributed by atoms with Gasteiger partial charge in [-0.05, 0) is 57.6 Å². The minimum atomic E-state index is 0.961. The summed E-state index contributed by atoms with van der Waals surface area (Å²) < 4.78 is 3.63. The molecule has 8 aromatic carbocycles. The molecule has 0 amide bonds. The van der Waals surface area contributed by atoms with E-state index in [1.54, 1.807) is 11.3 Å². The number of benzene rings is 8. The Kier molecular flexibility index (Phi) is 5.26. The largest absolute Gasteiger partial charge is 0.309 e.